The van der Waals surface area contributed by atoms with Crippen LogP contribution in [-0.4, -0.2) is 59.4 Å². The predicted octanol–water partition coefficient (Wildman–Crippen LogP) is 4.85. The Labute approximate surface area is 273 Å². The number of rotatable bonds is 9. The van der Waals surface area contributed by atoms with Gasteiger partial charge in [-0.05, 0) is 62.7 Å². The number of hydrogen-bond donors (Lipinski definition) is 1. The van der Waals surface area contributed by atoms with Gasteiger partial charge in [-0.2, -0.15) is 10.2 Å². The maximum absolute atomic E-state index is 14.5. The van der Waals surface area contributed by atoms with Crippen molar-refractivity contribution >= 4 is 22.3 Å². The van der Waals surface area contributed by atoms with Gasteiger partial charge in [-0.1, -0.05) is 56.0 Å². The highest BCUT2D eigenvalue weighted by atomic mass is 16.2. The molecular weight excluding hydrogens is 588 g/mol. The van der Waals surface area contributed by atoms with Crippen molar-refractivity contribution in [3.8, 4) is 17.5 Å². The molecule has 238 valence electrons. The molecule has 0 bridgehead atoms. The second-order valence-corrected chi connectivity index (χ2v) is 11.5. The lowest BCUT2D eigenvalue weighted by atomic mass is 10.0. The molecule has 0 aliphatic carbocycles. The fraction of sp³-hybridized carbons (Fsp3) is 0.270. The predicted molar refractivity (Wildman–Crippen MR) is 184 cm³/mol. The molecule has 0 spiro atoms. The summed E-state index contributed by atoms with van der Waals surface area (Å²) >= 11 is 0. The molecule has 6 rings (SSSR count). The number of benzene rings is 2. The number of fused-ring (bicyclic) bond motifs is 2. The molecule has 6 aromatic rings. The summed E-state index contributed by atoms with van der Waals surface area (Å²) in [7, 11) is 1.94. The number of nitrogens with one attached hydrogen (secondary N) is 1. The summed E-state index contributed by atoms with van der Waals surface area (Å²) in [6.07, 6.45) is 6.01. The van der Waals surface area contributed by atoms with E-state index in [0.29, 0.717) is 39.2 Å². The molecule has 1 N–H and O–H groups in total. The highest BCUT2D eigenvalue weighted by Gasteiger charge is 2.23. The van der Waals surface area contributed by atoms with E-state index < -0.39 is 6.04 Å². The third kappa shape index (κ3) is 6.18. The zero-order chi connectivity index (χ0) is 33.1. The van der Waals surface area contributed by atoms with Crippen LogP contribution in [0.2, 0.25) is 0 Å². The second-order valence-electron chi connectivity index (χ2n) is 11.5. The molecule has 4 heterocycles. The van der Waals surface area contributed by atoms with Crippen molar-refractivity contribution in [2.75, 3.05) is 19.6 Å². The SMILES string of the molecule is CCN(CC)CCc1c(C#Cc2cccc3cc([C@@H](C)NC(=O)c4c(C)nn5cccnc45)n(-c4ccccc4)c(=O)c23)cnn1C. The molecule has 0 aliphatic heterocycles. The number of pyridine rings is 1. The standard InChI is InChI=1S/C37H38N8O2/c1-6-43(7-2)22-19-31-29(24-39-42(31)5)18-17-27-13-11-14-28-23-32(45(37(47)34(27)28)30-15-9-8-10-16-30)25(3)40-36(46)33-26(4)41-44-21-12-20-38-35(33)44/h8-16,20-21,23-25H,6-7,19,22H2,1-5H3,(H,40,46)/t25-/m1/s1. The zero-order valence-electron chi connectivity index (χ0n) is 27.4. The lowest BCUT2D eigenvalue weighted by Crippen LogP contribution is -2.32. The van der Waals surface area contributed by atoms with Gasteiger partial charge in [-0.15, -0.1) is 0 Å². The summed E-state index contributed by atoms with van der Waals surface area (Å²) < 4.78 is 5.14. The highest BCUT2D eigenvalue weighted by molar-refractivity contribution is 6.01. The number of amides is 1. The average Bonchev–Trinajstić information content (AvgIpc) is 3.61. The van der Waals surface area contributed by atoms with Crippen molar-refractivity contribution in [1.82, 2.24) is 39.2 Å². The van der Waals surface area contributed by atoms with E-state index in [4.69, 9.17) is 0 Å². The first-order valence-electron chi connectivity index (χ1n) is 15.9. The minimum Gasteiger partial charge on any atom is -0.344 e. The van der Waals surface area contributed by atoms with Crippen LogP contribution in [0.15, 0.2) is 84.0 Å². The molecule has 4 aromatic heterocycles. The molecule has 0 saturated carbocycles. The summed E-state index contributed by atoms with van der Waals surface area (Å²) in [6, 6.07) is 18.3. The van der Waals surface area contributed by atoms with Gasteiger partial charge < -0.3 is 10.2 Å². The maximum atomic E-state index is 14.5. The van der Waals surface area contributed by atoms with Crippen molar-refractivity contribution in [2.24, 2.45) is 7.05 Å². The lowest BCUT2D eigenvalue weighted by molar-refractivity contribution is 0.0939. The quantitative estimate of drug-likeness (QED) is 0.230. The van der Waals surface area contributed by atoms with Crippen molar-refractivity contribution in [3.05, 3.63) is 123 Å². The van der Waals surface area contributed by atoms with Crippen LogP contribution in [0, 0.1) is 18.8 Å². The first-order valence-corrected chi connectivity index (χ1v) is 15.9. The van der Waals surface area contributed by atoms with E-state index in [1.807, 2.05) is 73.3 Å². The molecule has 10 heteroatoms. The molecule has 0 fully saturated rings. The number of aryl methyl sites for hydroxylation is 2. The second kappa shape index (κ2) is 13.4. The first kappa shape index (κ1) is 31.5. The Morgan fingerprint density at radius 2 is 1.79 bits per heavy atom. The molecule has 47 heavy (non-hydrogen) atoms. The summed E-state index contributed by atoms with van der Waals surface area (Å²) in [4.78, 5) is 34.8. The average molecular weight is 627 g/mol. The number of carbonyl (C=O) groups excluding carboxylic acids is 1. The number of carbonyl (C=O) groups is 1. The molecule has 2 aromatic carbocycles. The Bertz CT molecular complexity index is 2200. The largest absolute Gasteiger partial charge is 0.344 e. The van der Waals surface area contributed by atoms with Crippen LogP contribution in [0.25, 0.3) is 22.1 Å². The van der Waals surface area contributed by atoms with Gasteiger partial charge in [0.2, 0.25) is 0 Å². The number of hydrogen-bond acceptors (Lipinski definition) is 6. The Hall–Kier alpha value is -5.53. The van der Waals surface area contributed by atoms with Crippen LogP contribution in [0.5, 0.6) is 0 Å². The molecule has 0 saturated heterocycles. The van der Waals surface area contributed by atoms with Gasteiger partial charge in [0, 0.05) is 49.4 Å². The first-order chi connectivity index (χ1) is 22.8. The van der Waals surface area contributed by atoms with Crippen LogP contribution < -0.4 is 10.9 Å². The summed E-state index contributed by atoms with van der Waals surface area (Å²) in [6.45, 7) is 10.9. The molecule has 1 atom stereocenters. The molecular formula is C37H38N8O2. The van der Waals surface area contributed by atoms with E-state index in [-0.39, 0.29) is 11.5 Å². The normalized spacial score (nSPS) is 12.0. The fourth-order valence-electron chi connectivity index (χ4n) is 6.06. The number of aromatic nitrogens is 6. The number of likely N-dealkylation sites (N-methyl/N-ethyl adjacent to an activating group) is 1. The van der Waals surface area contributed by atoms with Crippen molar-refractivity contribution in [1.29, 1.82) is 0 Å². The van der Waals surface area contributed by atoms with Gasteiger partial charge in [-0.3, -0.25) is 18.8 Å². The third-order valence-electron chi connectivity index (χ3n) is 8.63. The van der Waals surface area contributed by atoms with Gasteiger partial charge in [-0.25, -0.2) is 9.50 Å². The zero-order valence-corrected chi connectivity index (χ0v) is 27.4. The van der Waals surface area contributed by atoms with E-state index >= 15 is 0 Å². The summed E-state index contributed by atoms with van der Waals surface area (Å²) in [5, 5.41) is 13.3. The molecule has 0 radical (unpaired) electrons. The molecule has 10 nitrogen and oxygen atoms in total. The topological polar surface area (TPSA) is 102 Å². The Kier molecular flexibility index (Phi) is 9.00. The highest BCUT2D eigenvalue weighted by Crippen LogP contribution is 2.24. The van der Waals surface area contributed by atoms with Gasteiger partial charge >= 0.3 is 0 Å². The maximum Gasteiger partial charge on any atom is 0.264 e. The Morgan fingerprint density at radius 1 is 1.02 bits per heavy atom. The van der Waals surface area contributed by atoms with E-state index in [9.17, 15) is 9.59 Å². The van der Waals surface area contributed by atoms with Crippen molar-refractivity contribution in [3.63, 3.8) is 0 Å². The van der Waals surface area contributed by atoms with E-state index in [2.05, 4.69) is 51.1 Å². The molecule has 0 aliphatic rings. The number of para-hydroxylation sites is 1. The fourth-order valence-corrected chi connectivity index (χ4v) is 6.06. The van der Waals surface area contributed by atoms with Crippen LogP contribution in [0.3, 0.4) is 0 Å². The van der Waals surface area contributed by atoms with Crippen LogP contribution in [0.1, 0.15) is 65.4 Å². The molecule has 1 amide bonds. The van der Waals surface area contributed by atoms with Crippen molar-refractivity contribution in [2.45, 2.75) is 40.2 Å². The Balaban J connectivity index is 1.42. The summed E-state index contributed by atoms with van der Waals surface area (Å²) in [5.41, 5.74) is 5.11. The van der Waals surface area contributed by atoms with Gasteiger partial charge in [0.1, 0.15) is 5.56 Å². The summed E-state index contributed by atoms with van der Waals surface area (Å²) in [5.74, 6) is 6.30. The Morgan fingerprint density at radius 3 is 2.55 bits per heavy atom. The van der Waals surface area contributed by atoms with Crippen LogP contribution in [-0.2, 0) is 13.5 Å². The van der Waals surface area contributed by atoms with Crippen molar-refractivity contribution < 1.29 is 4.79 Å². The minimum absolute atomic E-state index is 0.212. The van der Waals surface area contributed by atoms with Crippen LogP contribution in [0.4, 0.5) is 0 Å². The van der Waals surface area contributed by atoms with E-state index in [1.165, 1.54) is 0 Å². The van der Waals surface area contributed by atoms with Gasteiger partial charge in [0.15, 0.2) is 5.65 Å². The smallest absolute Gasteiger partial charge is 0.264 e. The monoisotopic (exact) mass is 626 g/mol. The van der Waals surface area contributed by atoms with Crippen LogP contribution >= 0.6 is 0 Å². The lowest BCUT2D eigenvalue weighted by Gasteiger charge is -2.21. The van der Waals surface area contributed by atoms with Gasteiger partial charge in [0.25, 0.3) is 11.5 Å². The van der Waals surface area contributed by atoms with Gasteiger partial charge in [0.05, 0.1) is 34.6 Å². The van der Waals surface area contributed by atoms with E-state index in [1.54, 1.807) is 40.7 Å². The number of nitrogens with zero attached hydrogens (tertiary/aromatic N) is 7. The van der Waals surface area contributed by atoms with E-state index in [0.717, 1.165) is 42.7 Å². The minimum atomic E-state index is -0.531. The molecule has 0 unspecified atom stereocenters. The third-order valence-corrected chi connectivity index (χ3v) is 8.63.